The molecule has 2 aromatic rings. The van der Waals surface area contributed by atoms with E-state index < -0.39 is 11.6 Å². The summed E-state index contributed by atoms with van der Waals surface area (Å²) in [4.78, 5) is 33.4. The summed E-state index contributed by atoms with van der Waals surface area (Å²) >= 11 is 0. The molecule has 0 spiro atoms. The summed E-state index contributed by atoms with van der Waals surface area (Å²) in [6.07, 6.45) is 0. The van der Waals surface area contributed by atoms with E-state index in [0.717, 1.165) is 0 Å². The van der Waals surface area contributed by atoms with Gasteiger partial charge in [0.15, 0.2) is 5.78 Å². The molecule has 0 bridgehead atoms. The molecule has 0 fully saturated rings. The van der Waals surface area contributed by atoms with Crippen LogP contribution >= 0.6 is 0 Å². The first-order chi connectivity index (χ1) is 10.9. The lowest BCUT2D eigenvalue weighted by Gasteiger charge is -2.15. The second-order valence-electron chi connectivity index (χ2n) is 5.91. The summed E-state index contributed by atoms with van der Waals surface area (Å²) in [5.74, 6) is -0.814. The standard InChI is InChI=1S/C18H18O5/c1-18(2,3)22-23-21-17(20)15-11-9-14(10-12-15)16(19)13-7-5-4-6-8-13/h4-12H,1-3H3. The topological polar surface area (TPSA) is 61.8 Å². The van der Waals surface area contributed by atoms with Crippen molar-refractivity contribution in [1.82, 2.24) is 0 Å². The van der Waals surface area contributed by atoms with Gasteiger partial charge in [-0.3, -0.25) is 9.68 Å². The maximum absolute atomic E-state index is 12.2. The fourth-order valence-electron chi connectivity index (χ4n) is 1.71. The third-order valence-electron chi connectivity index (χ3n) is 2.81. The maximum Gasteiger partial charge on any atom is 0.376 e. The molecule has 0 atom stereocenters. The van der Waals surface area contributed by atoms with Crippen LogP contribution in [-0.2, 0) is 14.8 Å². The Hall–Kier alpha value is -2.50. The second kappa shape index (κ2) is 7.17. The van der Waals surface area contributed by atoms with Crippen LogP contribution in [0.3, 0.4) is 0 Å². The third-order valence-corrected chi connectivity index (χ3v) is 2.81. The molecule has 0 N–H and O–H groups in total. The Bertz CT molecular complexity index is 669. The zero-order chi connectivity index (χ0) is 16.9. The average molecular weight is 314 g/mol. The van der Waals surface area contributed by atoms with Gasteiger partial charge in [-0.15, -0.1) is 0 Å². The summed E-state index contributed by atoms with van der Waals surface area (Å²) in [6.45, 7) is 5.26. The molecular weight excluding hydrogens is 296 g/mol. The van der Waals surface area contributed by atoms with Gasteiger partial charge in [0.2, 0.25) is 0 Å². The van der Waals surface area contributed by atoms with E-state index in [4.69, 9.17) is 4.89 Å². The molecule has 2 aromatic carbocycles. The van der Waals surface area contributed by atoms with Gasteiger partial charge in [-0.2, -0.15) is 4.89 Å². The number of carbonyl (C=O) groups excluding carboxylic acids is 2. The highest BCUT2D eigenvalue weighted by Crippen LogP contribution is 2.13. The first kappa shape index (κ1) is 16.9. The summed E-state index contributed by atoms with van der Waals surface area (Å²) < 4.78 is 0. The van der Waals surface area contributed by atoms with Gasteiger partial charge in [-0.25, -0.2) is 4.79 Å². The van der Waals surface area contributed by atoms with Crippen molar-refractivity contribution in [2.24, 2.45) is 0 Å². The molecule has 0 aliphatic heterocycles. The van der Waals surface area contributed by atoms with Crippen molar-refractivity contribution in [2.75, 3.05) is 0 Å². The second-order valence-corrected chi connectivity index (χ2v) is 5.91. The van der Waals surface area contributed by atoms with Crippen molar-refractivity contribution in [3.63, 3.8) is 0 Å². The smallest absolute Gasteiger partial charge is 0.289 e. The van der Waals surface area contributed by atoms with Crippen molar-refractivity contribution in [1.29, 1.82) is 0 Å². The van der Waals surface area contributed by atoms with Gasteiger partial charge in [-0.1, -0.05) is 42.5 Å². The molecule has 0 aliphatic carbocycles. The fraction of sp³-hybridized carbons (Fsp3) is 0.222. The lowest BCUT2D eigenvalue weighted by molar-refractivity contribution is -0.510. The molecular formula is C18H18O5. The Morgan fingerprint density at radius 3 is 1.87 bits per heavy atom. The van der Waals surface area contributed by atoms with Crippen LogP contribution in [0.2, 0.25) is 0 Å². The zero-order valence-corrected chi connectivity index (χ0v) is 13.2. The minimum absolute atomic E-state index is 0.113. The maximum atomic E-state index is 12.2. The molecule has 2 rings (SSSR count). The van der Waals surface area contributed by atoms with E-state index in [1.54, 1.807) is 57.2 Å². The summed E-state index contributed by atoms with van der Waals surface area (Å²) in [7, 11) is 0. The van der Waals surface area contributed by atoms with Crippen molar-refractivity contribution < 1.29 is 24.4 Å². The van der Waals surface area contributed by atoms with E-state index in [2.05, 4.69) is 9.93 Å². The largest absolute Gasteiger partial charge is 0.376 e. The van der Waals surface area contributed by atoms with E-state index in [-0.39, 0.29) is 11.3 Å². The molecule has 120 valence electrons. The number of ketones is 1. The van der Waals surface area contributed by atoms with Gasteiger partial charge >= 0.3 is 5.97 Å². The quantitative estimate of drug-likeness (QED) is 0.478. The van der Waals surface area contributed by atoms with Crippen LogP contribution in [0.4, 0.5) is 0 Å². The van der Waals surface area contributed by atoms with Crippen LogP contribution in [0.25, 0.3) is 0 Å². The first-order valence-corrected chi connectivity index (χ1v) is 7.13. The van der Waals surface area contributed by atoms with Crippen LogP contribution in [0, 0.1) is 0 Å². The van der Waals surface area contributed by atoms with E-state index >= 15 is 0 Å². The molecule has 0 unspecified atom stereocenters. The SMILES string of the molecule is CC(C)(C)OOOC(=O)c1ccc(C(=O)c2ccccc2)cc1. The highest BCUT2D eigenvalue weighted by Gasteiger charge is 2.16. The van der Waals surface area contributed by atoms with Crippen molar-refractivity contribution in [3.05, 3.63) is 71.3 Å². The van der Waals surface area contributed by atoms with Crippen LogP contribution in [0.15, 0.2) is 54.6 Å². The Balaban J connectivity index is 1.99. The highest BCUT2D eigenvalue weighted by molar-refractivity contribution is 6.09. The molecule has 0 aliphatic rings. The predicted molar refractivity (Wildman–Crippen MR) is 83.7 cm³/mol. The van der Waals surface area contributed by atoms with Gasteiger partial charge in [-0.05, 0) is 37.9 Å². The fourth-order valence-corrected chi connectivity index (χ4v) is 1.71. The van der Waals surface area contributed by atoms with E-state index in [0.29, 0.717) is 11.1 Å². The van der Waals surface area contributed by atoms with Crippen molar-refractivity contribution >= 4 is 11.8 Å². The average Bonchev–Trinajstić information content (AvgIpc) is 2.54. The number of hydrogen-bond acceptors (Lipinski definition) is 5. The lowest BCUT2D eigenvalue weighted by atomic mass is 10.0. The summed E-state index contributed by atoms with van der Waals surface area (Å²) in [5, 5.41) is 4.44. The number of carbonyl (C=O) groups is 2. The third kappa shape index (κ3) is 5.02. The molecule has 0 amide bonds. The van der Waals surface area contributed by atoms with Crippen molar-refractivity contribution in [2.45, 2.75) is 26.4 Å². The summed E-state index contributed by atoms with van der Waals surface area (Å²) in [6, 6.07) is 15.0. The van der Waals surface area contributed by atoms with Crippen LogP contribution in [0.5, 0.6) is 0 Å². The number of benzene rings is 2. The lowest BCUT2D eigenvalue weighted by Crippen LogP contribution is -2.20. The predicted octanol–water partition coefficient (Wildman–Crippen LogP) is 3.74. The van der Waals surface area contributed by atoms with E-state index in [9.17, 15) is 9.59 Å². The molecule has 0 aromatic heterocycles. The van der Waals surface area contributed by atoms with Gasteiger partial charge < -0.3 is 0 Å². The van der Waals surface area contributed by atoms with Crippen LogP contribution in [0.1, 0.15) is 47.1 Å². The molecule has 0 saturated heterocycles. The molecule has 23 heavy (non-hydrogen) atoms. The Morgan fingerprint density at radius 2 is 1.30 bits per heavy atom. The minimum Gasteiger partial charge on any atom is -0.289 e. The Labute approximate surface area is 134 Å². The first-order valence-electron chi connectivity index (χ1n) is 7.13. The van der Waals surface area contributed by atoms with Gasteiger partial charge in [0.1, 0.15) is 0 Å². The van der Waals surface area contributed by atoms with Gasteiger partial charge in [0, 0.05) is 11.1 Å². The van der Waals surface area contributed by atoms with E-state index in [1.165, 1.54) is 12.1 Å². The molecule has 5 heteroatoms. The highest BCUT2D eigenvalue weighted by atomic mass is 17.5. The zero-order valence-electron chi connectivity index (χ0n) is 13.2. The minimum atomic E-state index is -0.701. The molecule has 0 radical (unpaired) electrons. The summed E-state index contributed by atoms with van der Waals surface area (Å²) in [5.41, 5.74) is 0.739. The Kier molecular flexibility index (Phi) is 5.26. The van der Waals surface area contributed by atoms with Crippen molar-refractivity contribution in [3.8, 4) is 0 Å². The number of rotatable bonds is 5. The monoisotopic (exact) mass is 314 g/mol. The molecule has 5 nitrogen and oxygen atoms in total. The van der Waals surface area contributed by atoms with Gasteiger partial charge in [0.25, 0.3) is 0 Å². The normalized spacial score (nSPS) is 11.1. The molecule has 0 saturated carbocycles. The van der Waals surface area contributed by atoms with Gasteiger partial charge in [0.05, 0.1) is 11.2 Å². The van der Waals surface area contributed by atoms with E-state index in [1.807, 2.05) is 6.07 Å². The van der Waals surface area contributed by atoms with Crippen LogP contribution in [-0.4, -0.2) is 17.4 Å². The molecule has 0 heterocycles. The Morgan fingerprint density at radius 1 is 0.783 bits per heavy atom. The van der Waals surface area contributed by atoms with Crippen LogP contribution < -0.4 is 0 Å². The number of hydrogen-bond donors (Lipinski definition) is 0.